The van der Waals surface area contributed by atoms with E-state index in [2.05, 4.69) is 46.5 Å². The highest BCUT2D eigenvalue weighted by atomic mass is 32.1. The number of nitrogens with one attached hydrogen (secondary N) is 3. The first-order chi connectivity index (χ1) is 17.4. The van der Waals surface area contributed by atoms with Crippen LogP contribution in [-0.2, 0) is 13.0 Å². The Morgan fingerprint density at radius 2 is 1.69 bits per heavy atom. The maximum atomic E-state index is 13.3. The van der Waals surface area contributed by atoms with Gasteiger partial charge in [0.2, 0.25) is 0 Å². The van der Waals surface area contributed by atoms with Crippen molar-refractivity contribution in [1.29, 1.82) is 0 Å². The predicted octanol–water partition coefficient (Wildman–Crippen LogP) is 4.88. The van der Waals surface area contributed by atoms with E-state index in [4.69, 9.17) is 17.0 Å². The van der Waals surface area contributed by atoms with Crippen LogP contribution in [0.25, 0.3) is 21.9 Å². The standard InChI is InChI=1S/C28H26N4O3S/c1-17-3-5-18(6-4-17)13-14-29-26(33)20-9-7-19(8-10-20)16-32-27(34)25-24(31-28(32)36)22-15-21(35-2)11-12-23(22)30-25/h3-12,15,30H,13-14,16H2,1-2H3,(H,29,33)(H,31,36). The molecule has 3 N–H and O–H groups in total. The van der Waals surface area contributed by atoms with Gasteiger partial charge in [-0.25, -0.2) is 0 Å². The number of nitrogens with zero attached hydrogens (tertiary/aromatic N) is 1. The second-order valence-corrected chi connectivity index (χ2v) is 9.18. The zero-order chi connectivity index (χ0) is 25.2. The molecule has 1 amide bonds. The SMILES string of the molecule is COc1ccc2[nH]c3c(=O)n(Cc4ccc(C(=O)NCCc5ccc(C)cc5)cc4)c(=S)[nH]c3c2c1. The Labute approximate surface area is 212 Å². The summed E-state index contributed by atoms with van der Waals surface area (Å²) in [4.78, 5) is 32.2. The molecule has 36 heavy (non-hydrogen) atoms. The van der Waals surface area contributed by atoms with Crippen molar-refractivity contribution in [1.82, 2.24) is 19.9 Å². The summed E-state index contributed by atoms with van der Waals surface area (Å²) < 4.78 is 7.15. The number of aromatic amines is 2. The first-order valence-corrected chi connectivity index (χ1v) is 12.1. The molecule has 0 spiro atoms. The lowest BCUT2D eigenvalue weighted by molar-refractivity contribution is 0.0954. The van der Waals surface area contributed by atoms with Crippen molar-refractivity contribution < 1.29 is 9.53 Å². The van der Waals surface area contributed by atoms with E-state index < -0.39 is 0 Å². The van der Waals surface area contributed by atoms with Crippen LogP contribution in [0.1, 0.15) is 27.0 Å². The Balaban J connectivity index is 1.31. The van der Waals surface area contributed by atoms with E-state index in [9.17, 15) is 9.59 Å². The van der Waals surface area contributed by atoms with Crippen molar-refractivity contribution in [2.75, 3.05) is 13.7 Å². The van der Waals surface area contributed by atoms with Gasteiger partial charge in [-0.1, -0.05) is 42.0 Å². The smallest absolute Gasteiger partial charge is 0.278 e. The molecule has 0 saturated heterocycles. The molecule has 7 nitrogen and oxygen atoms in total. The molecule has 0 radical (unpaired) electrons. The number of benzene rings is 3. The summed E-state index contributed by atoms with van der Waals surface area (Å²) in [6, 6.07) is 21.1. The average Bonchev–Trinajstić information content (AvgIpc) is 3.25. The third-order valence-corrected chi connectivity index (χ3v) is 6.64. The molecule has 2 heterocycles. The zero-order valence-corrected chi connectivity index (χ0v) is 20.9. The van der Waals surface area contributed by atoms with E-state index in [1.165, 1.54) is 15.7 Å². The fourth-order valence-corrected chi connectivity index (χ4v) is 4.50. The first kappa shape index (κ1) is 23.6. The van der Waals surface area contributed by atoms with Crippen molar-refractivity contribution in [2.45, 2.75) is 19.9 Å². The van der Waals surface area contributed by atoms with Gasteiger partial charge in [-0.3, -0.25) is 14.2 Å². The summed E-state index contributed by atoms with van der Waals surface area (Å²) in [5.74, 6) is 0.573. The van der Waals surface area contributed by atoms with Gasteiger partial charge < -0.3 is 20.0 Å². The molecule has 5 aromatic rings. The van der Waals surface area contributed by atoms with Gasteiger partial charge >= 0.3 is 0 Å². The third-order valence-electron chi connectivity index (χ3n) is 6.32. The molecular formula is C28H26N4O3S. The molecule has 0 aliphatic heterocycles. The maximum Gasteiger partial charge on any atom is 0.278 e. The summed E-state index contributed by atoms with van der Waals surface area (Å²) in [5, 5.41) is 3.81. The monoisotopic (exact) mass is 498 g/mol. The highest BCUT2D eigenvalue weighted by molar-refractivity contribution is 7.71. The minimum absolute atomic E-state index is 0.127. The van der Waals surface area contributed by atoms with E-state index in [-0.39, 0.29) is 18.0 Å². The summed E-state index contributed by atoms with van der Waals surface area (Å²) in [6.07, 6.45) is 0.772. The van der Waals surface area contributed by atoms with Crippen molar-refractivity contribution in [3.63, 3.8) is 0 Å². The highest BCUT2D eigenvalue weighted by Gasteiger charge is 2.13. The average molecular weight is 499 g/mol. The summed E-state index contributed by atoms with van der Waals surface area (Å²) in [5.41, 5.74) is 5.57. The lowest BCUT2D eigenvalue weighted by Crippen LogP contribution is -2.26. The van der Waals surface area contributed by atoms with Crippen molar-refractivity contribution in [2.24, 2.45) is 0 Å². The number of carbonyl (C=O) groups is 1. The number of ether oxygens (including phenoxy) is 1. The number of rotatable bonds is 7. The van der Waals surface area contributed by atoms with Crippen LogP contribution < -0.4 is 15.6 Å². The van der Waals surface area contributed by atoms with Gasteiger partial charge in [0.15, 0.2) is 4.77 Å². The topological polar surface area (TPSA) is 91.9 Å². The van der Waals surface area contributed by atoms with Crippen LogP contribution in [0.3, 0.4) is 0 Å². The second-order valence-electron chi connectivity index (χ2n) is 8.80. The number of hydrogen-bond acceptors (Lipinski definition) is 4. The number of amides is 1. The molecule has 3 aromatic carbocycles. The minimum atomic E-state index is -0.207. The fraction of sp³-hybridized carbons (Fsp3) is 0.179. The molecule has 8 heteroatoms. The third kappa shape index (κ3) is 4.67. The maximum absolute atomic E-state index is 13.3. The Bertz CT molecular complexity index is 1680. The highest BCUT2D eigenvalue weighted by Crippen LogP contribution is 2.26. The number of aryl methyl sites for hydroxylation is 1. The van der Waals surface area contributed by atoms with Gasteiger partial charge in [0, 0.05) is 23.0 Å². The molecule has 0 aliphatic carbocycles. The number of H-pyrrole nitrogens is 2. The van der Waals surface area contributed by atoms with E-state index in [0.29, 0.717) is 33.7 Å². The first-order valence-electron chi connectivity index (χ1n) is 11.7. The second kappa shape index (κ2) is 9.83. The predicted molar refractivity (Wildman–Crippen MR) is 145 cm³/mol. The number of fused-ring (bicyclic) bond motifs is 3. The van der Waals surface area contributed by atoms with Crippen LogP contribution in [0.4, 0.5) is 0 Å². The number of methoxy groups -OCH3 is 1. The molecule has 0 aliphatic rings. The summed E-state index contributed by atoms with van der Waals surface area (Å²) in [6.45, 7) is 2.90. The minimum Gasteiger partial charge on any atom is -0.497 e. The zero-order valence-electron chi connectivity index (χ0n) is 20.1. The number of carbonyl (C=O) groups excluding carboxylic acids is 1. The van der Waals surface area contributed by atoms with Crippen molar-refractivity contribution in [3.05, 3.63) is 104 Å². The van der Waals surface area contributed by atoms with E-state index in [1.807, 2.05) is 30.3 Å². The Morgan fingerprint density at radius 3 is 2.42 bits per heavy atom. The van der Waals surface area contributed by atoms with Gasteiger partial charge in [0.25, 0.3) is 11.5 Å². The molecule has 0 bridgehead atoms. The van der Waals surface area contributed by atoms with Crippen molar-refractivity contribution in [3.8, 4) is 5.75 Å². The van der Waals surface area contributed by atoms with Gasteiger partial charge in [0.1, 0.15) is 11.3 Å². The van der Waals surface area contributed by atoms with Gasteiger partial charge in [-0.2, -0.15) is 0 Å². The summed E-state index contributed by atoms with van der Waals surface area (Å²) in [7, 11) is 1.60. The lowest BCUT2D eigenvalue weighted by Gasteiger charge is -2.09. The largest absolute Gasteiger partial charge is 0.497 e. The molecule has 0 saturated carbocycles. The quantitative estimate of drug-likeness (QED) is 0.279. The van der Waals surface area contributed by atoms with Crippen LogP contribution in [0, 0.1) is 11.7 Å². The Kier molecular flexibility index (Phi) is 6.43. The molecule has 2 aromatic heterocycles. The van der Waals surface area contributed by atoms with Gasteiger partial charge in [-0.05, 0) is 67.0 Å². The summed E-state index contributed by atoms with van der Waals surface area (Å²) >= 11 is 5.52. The number of aromatic nitrogens is 3. The van der Waals surface area contributed by atoms with E-state index in [1.54, 1.807) is 19.2 Å². The van der Waals surface area contributed by atoms with Gasteiger partial charge in [-0.15, -0.1) is 0 Å². The number of hydrogen-bond donors (Lipinski definition) is 3. The Morgan fingerprint density at radius 1 is 0.972 bits per heavy atom. The van der Waals surface area contributed by atoms with Gasteiger partial charge in [0.05, 0.1) is 19.2 Å². The van der Waals surface area contributed by atoms with Crippen molar-refractivity contribution >= 4 is 40.1 Å². The molecule has 0 unspecified atom stereocenters. The lowest BCUT2D eigenvalue weighted by atomic mass is 10.1. The van der Waals surface area contributed by atoms with E-state index in [0.717, 1.165) is 22.9 Å². The molecule has 0 atom stereocenters. The molecule has 182 valence electrons. The molecular weight excluding hydrogens is 472 g/mol. The van der Waals surface area contributed by atoms with Crippen LogP contribution in [0.2, 0.25) is 0 Å². The van der Waals surface area contributed by atoms with E-state index >= 15 is 0 Å². The van der Waals surface area contributed by atoms with Crippen LogP contribution in [-0.4, -0.2) is 34.1 Å². The molecule has 0 fully saturated rings. The van der Waals surface area contributed by atoms with Crippen LogP contribution in [0.5, 0.6) is 5.75 Å². The fourth-order valence-electron chi connectivity index (χ4n) is 4.25. The molecule has 5 rings (SSSR count). The normalized spacial score (nSPS) is 11.2. The van der Waals surface area contributed by atoms with Crippen LogP contribution >= 0.6 is 12.2 Å². The van der Waals surface area contributed by atoms with Crippen LogP contribution in [0.15, 0.2) is 71.5 Å². The Hall–Kier alpha value is -4.17.